The molecule has 0 radical (unpaired) electrons. The topological polar surface area (TPSA) is 34.1 Å². The first-order chi connectivity index (χ1) is 10.3. The molecule has 21 heavy (non-hydrogen) atoms. The Morgan fingerprint density at radius 1 is 1.29 bits per heavy atom. The molecular weight excluding hydrogens is 267 g/mol. The van der Waals surface area contributed by atoms with Gasteiger partial charge in [0, 0.05) is 23.9 Å². The van der Waals surface area contributed by atoms with Crippen LogP contribution in [0.15, 0.2) is 42.6 Å². The molecule has 0 atom stereocenters. The Balaban J connectivity index is 2.28. The first kappa shape index (κ1) is 15.2. The Hall–Kier alpha value is -2.20. The van der Waals surface area contributed by atoms with Crippen LogP contribution in [0.25, 0.3) is 6.08 Å². The Morgan fingerprint density at radius 2 is 2.10 bits per heavy atom. The van der Waals surface area contributed by atoms with Crippen LogP contribution >= 0.6 is 0 Å². The molecule has 1 aromatic carbocycles. The highest BCUT2D eigenvalue weighted by molar-refractivity contribution is 5.57. The summed E-state index contributed by atoms with van der Waals surface area (Å²) in [4.78, 5) is 3.99. The second-order valence-electron chi connectivity index (χ2n) is 4.51. The van der Waals surface area contributed by atoms with Crippen molar-refractivity contribution >= 4 is 6.08 Å². The van der Waals surface area contributed by atoms with Gasteiger partial charge in [-0.3, -0.25) is 0 Å². The van der Waals surface area contributed by atoms with Gasteiger partial charge in [0.05, 0.1) is 0 Å². The molecule has 1 N–H and O–H groups in total. The fourth-order valence-corrected chi connectivity index (χ4v) is 1.92. The van der Waals surface area contributed by atoms with Gasteiger partial charge in [-0.1, -0.05) is 37.3 Å². The summed E-state index contributed by atoms with van der Waals surface area (Å²) < 4.78 is 20.0. The lowest BCUT2D eigenvalue weighted by Crippen LogP contribution is -2.13. The minimum absolute atomic E-state index is 0.00218. The highest BCUT2D eigenvalue weighted by atomic mass is 19.1. The number of rotatable bonds is 6. The van der Waals surface area contributed by atoms with Crippen molar-refractivity contribution in [2.24, 2.45) is 0 Å². The van der Waals surface area contributed by atoms with E-state index in [9.17, 15) is 4.39 Å². The molecule has 110 valence electrons. The third-order valence-electron chi connectivity index (χ3n) is 2.97. The van der Waals surface area contributed by atoms with E-state index in [0.717, 1.165) is 12.1 Å². The van der Waals surface area contributed by atoms with Gasteiger partial charge in [0.25, 0.3) is 5.88 Å². The molecule has 0 saturated carbocycles. The Bertz CT molecular complexity index is 626. The molecule has 0 unspecified atom stereocenters. The van der Waals surface area contributed by atoms with Gasteiger partial charge < -0.3 is 10.1 Å². The zero-order valence-corrected chi connectivity index (χ0v) is 12.3. The molecule has 2 rings (SSSR count). The molecule has 0 fully saturated rings. The van der Waals surface area contributed by atoms with Gasteiger partial charge in [0.1, 0.15) is 5.75 Å². The molecule has 0 aliphatic heterocycles. The third-order valence-corrected chi connectivity index (χ3v) is 2.97. The summed E-state index contributed by atoms with van der Waals surface area (Å²) in [5, 5.41) is 3.09. The van der Waals surface area contributed by atoms with Crippen LogP contribution in [0.1, 0.15) is 25.0 Å². The molecule has 0 bridgehead atoms. The summed E-state index contributed by atoms with van der Waals surface area (Å²) in [6.45, 7) is 5.14. The third kappa shape index (κ3) is 3.89. The Kier molecular flexibility index (Phi) is 5.46. The monoisotopic (exact) mass is 286 g/mol. The van der Waals surface area contributed by atoms with Crippen molar-refractivity contribution in [2.75, 3.05) is 6.54 Å². The smallest absolute Gasteiger partial charge is 0.256 e. The van der Waals surface area contributed by atoms with E-state index < -0.39 is 5.82 Å². The highest BCUT2D eigenvalue weighted by Crippen LogP contribution is 2.27. The number of allylic oxidation sites excluding steroid dienone is 1. The number of ether oxygens (including phenoxy) is 1. The van der Waals surface area contributed by atoms with E-state index in [4.69, 9.17) is 4.74 Å². The van der Waals surface area contributed by atoms with Crippen molar-refractivity contribution in [2.45, 2.75) is 20.4 Å². The molecule has 0 saturated heterocycles. The van der Waals surface area contributed by atoms with Crippen LogP contribution in [-0.4, -0.2) is 11.5 Å². The van der Waals surface area contributed by atoms with Crippen LogP contribution in [-0.2, 0) is 6.54 Å². The van der Waals surface area contributed by atoms with E-state index in [1.165, 1.54) is 0 Å². The van der Waals surface area contributed by atoms with Gasteiger partial charge in [-0.15, -0.1) is 0 Å². The molecule has 0 aliphatic rings. The number of para-hydroxylation sites is 1. The number of hydrogen-bond donors (Lipinski definition) is 1. The molecule has 2 aromatic rings. The largest absolute Gasteiger partial charge is 0.436 e. The summed E-state index contributed by atoms with van der Waals surface area (Å²) in [6.07, 6.45) is 5.38. The van der Waals surface area contributed by atoms with Crippen molar-refractivity contribution in [3.05, 3.63) is 59.5 Å². The molecular formula is C17H19FN2O. The van der Waals surface area contributed by atoms with E-state index in [2.05, 4.69) is 10.3 Å². The maximum absolute atomic E-state index is 14.4. The predicted molar refractivity (Wildman–Crippen MR) is 82.8 cm³/mol. The first-order valence-corrected chi connectivity index (χ1v) is 7.00. The van der Waals surface area contributed by atoms with Crippen LogP contribution in [0, 0.1) is 5.82 Å². The number of hydrogen-bond acceptors (Lipinski definition) is 3. The standard InChI is InChI=1S/C17H19FN2O/c1-3-7-13-8-5-6-9-15(13)21-17-16(18)14(10-11-20-17)12-19-4-2/h3,5-11,19H,4,12H2,1-2H3/b7-3+. The molecule has 0 amide bonds. The lowest BCUT2D eigenvalue weighted by molar-refractivity contribution is 0.417. The van der Waals surface area contributed by atoms with Crippen molar-refractivity contribution < 1.29 is 9.13 Å². The highest BCUT2D eigenvalue weighted by Gasteiger charge is 2.12. The SMILES string of the molecule is C/C=C/c1ccccc1Oc1nccc(CNCC)c1F. The van der Waals surface area contributed by atoms with Gasteiger partial charge in [0.15, 0.2) is 5.82 Å². The summed E-state index contributed by atoms with van der Waals surface area (Å²) in [7, 11) is 0. The first-order valence-electron chi connectivity index (χ1n) is 7.00. The molecule has 3 nitrogen and oxygen atoms in total. The summed E-state index contributed by atoms with van der Waals surface area (Å²) in [5.74, 6) is 0.165. The van der Waals surface area contributed by atoms with E-state index in [1.54, 1.807) is 18.3 Å². The van der Waals surface area contributed by atoms with Gasteiger partial charge >= 0.3 is 0 Å². The van der Waals surface area contributed by atoms with Crippen molar-refractivity contribution in [1.82, 2.24) is 10.3 Å². The van der Waals surface area contributed by atoms with Crippen LogP contribution in [0.5, 0.6) is 11.6 Å². The number of nitrogens with zero attached hydrogens (tertiary/aromatic N) is 1. The maximum atomic E-state index is 14.4. The average molecular weight is 286 g/mol. The summed E-state index contributed by atoms with van der Waals surface area (Å²) in [5.41, 5.74) is 1.43. The number of halogens is 1. The lowest BCUT2D eigenvalue weighted by atomic mass is 10.2. The molecule has 1 aromatic heterocycles. The van der Waals surface area contributed by atoms with Gasteiger partial charge in [-0.05, 0) is 25.6 Å². The number of pyridine rings is 1. The van der Waals surface area contributed by atoms with Gasteiger partial charge in [-0.2, -0.15) is 0 Å². The van der Waals surface area contributed by atoms with Crippen molar-refractivity contribution in [3.8, 4) is 11.6 Å². The fourth-order valence-electron chi connectivity index (χ4n) is 1.92. The van der Waals surface area contributed by atoms with Crippen LogP contribution < -0.4 is 10.1 Å². The zero-order valence-electron chi connectivity index (χ0n) is 12.3. The molecule has 0 aliphatic carbocycles. The van der Waals surface area contributed by atoms with Crippen LogP contribution in [0.2, 0.25) is 0 Å². The van der Waals surface area contributed by atoms with Crippen molar-refractivity contribution in [3.63, 3.8) is 0 Å². The van der Waals surface area contributed by atoms with E-state index in [-0.39, 0.29) is 5.88 Å². The van der Waals surface area contributed by atoms with Gasteiger partial charge in [0.2, 0.25) is 0 Å². The number of aromatic nitrogens is 1. The minimum Gasteiger partial charge on any atom is -0.436 e. The quantitative estimate of drug-likeness (QED) is 0.866. The van der Waals surface area contributed by atoms with E-state index in [0.29, 0.717) is 17.9 Å². The average Bonchev–Trinajstić information content (AvgIpc) is 2.50. The van der Waals surface area contributed by atoms with E-state index >= 15 is 0 Å². The normalized spacial score (nSPS) is 11.0. The second kappa shape index (κ2) is 7.55. The maximum Gasteiger partial charge on any atom is 0.256 e. The number of benzene rings is 1. The molecule has 0 spiro atoms. The lowest BCUT2D eigenvalue weighted by Gasteiger charge is -2.11. The molecule has 1 heterocycles. The fraction of sp³-hybridized carbons (Fsp3) is 0.235. The Morgan fingerprint density at radius 3 is 2.86 bits per heavy atom. The minimum atomic E-state index is -0.422. The van der Waals surface area contributed by atoms with Crippen LogP contribution in [0.3, 0.4) is 0 Å². The summed E-state index contributed by atoms with van der Waals surface area (Å²) >= 11 is 0. The zero-order chi connectivity index (χ0) is 15.1. The predicted octanol–water partition coefficient (Wildman–Crippen LogP) is 4.16. The molecule has 4 heteroatoms. The number of nitrogens with one attached hydrogen (secondary N) is 1. The Labute approximate surface area is 124 Å². The van der Waals surface area contributed by atoms with Gasteiger partial charge in [-0.25, -0.2) is 9.37 Å². The summed E-state index contributed by atoms with van der Waals surface area (Å²) in [6, 6.07) is 9.13. The van der Waals surface area contributed by atoms with Crippen LogP contribution in [0.4, 0.5) is 4.39 Å². The second-order valence-corrected chi connectivity index (χ2v) is 4.51. The van der Waals surface area contributed by atoms with Crippen molar-refractivity contribution in [1.29, 1.82) is 0 Å². The van der Waals surface area contributed by atoms with E-state index in [1.807, 2.05) is 44.2 Å².